The highest BCUT2D eigenvalue weighted by molar-refractivity contribution is 5.82. The van der Waals surface area contributed by atoms with Gasteiger partial charge in [-0.1, -0.05) is 69.9 Å². The van der Waals surface area contributed by atoms with Gasteiger partial charge in [-0.2, -0.15) is 0 Å². The van der Waals surface area contributed by atoms with Gasteiger partial charge in [-0.3, -0.25) is 4.79 Å². The lowest BCUT2D eigenvalue weighted by Gasteiger charge is -2.26. The van der Waals surface area contributed by atoms with Crippen molar-refractivity contribution in [3.05, 3.63) is 35.9 Å². The van der Waals surface area contributed by atoms with Gasteiger partial charge in [0.25, 0.3) is 0 Å². The molecule has 0 fully saturated rings. The van der Waals surface area contributed by atoms with Gasteiger partial charge in [0.05, 0.1) is 6.04 Å². The van der Waals surface area contributed by atoms with Crippen molar-refractivity contribution in [2.75, 3.05) is 13.1 Å². The van der Waals surface area contributed by atoms with E-state index in [-0.39, 0.29) is 5.91 Å². The van der Waals surface area contributed by atoms with Crippen molar-refractivity contribution < 1.29 is 4.79 Å². The van der Waals surface area contributed by atoms with Gasteiger partial charge in [0.1, 0.15) is 0 Å². The molecule has 0 spiro atoms. The van der Waals surface area contributed by atoms with Gasteiger partial charge in [0.2, 0.25) is 5.91 Å². The zero-order valence-electron chi connectivity index (χ0n) is 14.3. The molecule has 0 heterocycles. The number of rotatable bonds is 11. The lowest BCUT2D eigenvalue weighted by molar-refractivity contribution is -0.132. The Labute approximate surface area is 135 Å². The molecule has 0 saturated heterocycles. The number of carbonyl (C=O) groups excluding carboxylic acids is 1. The van der Waals surface area contributed by atoms with E-state index in [1.54, 1.807) is 0 Å². The third-order valence-electron chi connectivity index (χ3n) is 3.99. The van der Waals surface area contributed by atoms with Crippen LogP contribution in [0.5, 0.6) is 0 Å². The van der Waals surface area contributed by atoms with Crippen LogP contribution in [-0.2, 0) is 11.2 Å². The Morgan fingerprint density at radius 1 is 1.00 bits per heavy atom. The van der Waals surface area contributed by atoms with E-state index in [1.165, 1.54) is 25.7 Å². The zero-order valence-corrected chi connectivity index (χ0v) is 14.3. The number of hydrogen-bond donors (Lipinski definition) is 1. The molecule has 0 radical (unpaired) electrons. The molecule has 0 aliphatic rings. The van der Waals surface area contributed by atoms with Crippen LogP contribution in [0.2, 0.25) is 0 Å². The van der Waals surface area contributed by atoms with Crippen LogP contribution in [0, 0.1) is 0 Å². The van der Waals surface area contributed by atoms with Crippen LogP contribution in [-0.4, -0.2) is 29.9 Å². The first-order valence-electron chi connectivity index (χ1n) is 8.77. The normalized spacial score (nSPS) is 12.1. The Kier molecular flexibility index (Phi) is 9.56. The van der Waals surface area contributed by atoms with E-state index in [0.29, 0.717) is 6.42 Å². The Morgan fingerprint density at radius 2 is 1.55 bits per heavy atom. The average molecular weight is 304 g/mol. The maximum absolute atomic E-state index is 12.6. The van der Waals surface area contributed by atoms with Crippen LogP contribution in [0.25, 0.3) is 0 Å². The van der Waals surface area contributed by atoms with Gasteiger partial charge in [0, 0.05) is 13.1 Å². The molecule has 1 atom stereocenters. The molecule has 3 nitrogen and oxygen atoms in total. The Balaban J connectivity index is 2.55. The summed E-state index contributed by atoms with van der Waals surface area (Å²) in [7, 11) is 0. The van der Waals surface area contributed by atoms with Crippen molar-refractivity contribution in [2.24, 2.45) is 5.73 Å². The lowest BCUT2D eigenvalue weighted by Crippen LogP contribution is -2.45. The highest BCUT2D eigenvalue weighted by Crippen LogP contribution is 2.08. The van der Waals surface area contributed by atoms with Gasteiger partial charge >= 0.3 is 0 Å². The molecular weight excluding hydrogens is 272 g/mol. The van der Waals surface area contributed by atoms with Crippen LogP contribution in [0.15, 0.2) is 30.3 Å². The fraction of sp³-hybridized carbons (Fsp3) is 0.632. The number of nitrogens with two attached hydrogens (primary N) is 1. The molecule has 0 aliphatic heterocycles. The summed E-state index contributed by atoms with van der Waals surface area (Å²) in [4.78, 5) is 14.6. The van der Waals surface area contributed by atoms with Crippen molar-refractivity contribution >= 4 is 5.91 Å². The molecule has 0 aliphatic carbocycles. The van der Waals surface area contributed by atoms with Gasteiger partial charge in [-0.15, -0.1) is 0 Å². The first-order valence-corrected chi connectivity index (χ1v) is 8.77. The molecule has 1 aromatic rings. The summed E-state index contributed by atoms with van der Waals surface area (Å²) < 4.78 is 0. The van der Waals surface area contributed by atoms with Gasteiger partial charge in [0.15, 0.2) is 0 Å². The molecule has 1 aromatic carbocycles. The highest BCUT2D eigenvalue weighted by atomic mass is 16.2. The monoisotopic (exact) mass is 304 g/mol. The van der Waals surface area contributed by atoms with E-state index < -0.39 is 6.04 Å². The van der Waals surface area contributed by atoms with Crippen molar-refractivity contribution in [1.29, 1.82) is 0 Å². The second kappa shape index (κ2) is 11.2. The lowest BCUT2D eigenvalue weighted by atomic mass is 10.1. The minimum atomic E-state index is -0.425. The van der Waals surface area contributed by atoms with Crippen molar-refractivity contribution in [1.82, 2.24) is 4.90 Å². The summed E-state index contributed by atoms with van der Waals surface area (Å²) in [5.41, 5.74) is 7.30. The molecule has 0 unspecified atom stereocenters. The molecule has 2 N–H and O–H groups in total. The molecule has 0 aromatic heterocycles. The Bertz CT molecular complexity index is 395. The van der Waals surface area contributed by atoms with Crippen molar-refractivity contribution in [3.8, 4) is 0 Å². The summed E-state index contributed by atoms with van der Waals surface area (Å²) in [6.07, 6.45) is 7.47. The summed E-state index contributed by atoms with van der Waals surface area (Å²) in [6, 6.07) is 9.61. The maximum atomic E-state index is 12.6. The van der Waals surface area contributed by atoms with E-state index in [1.807, 2.05) is 35.2 Å². The van der Waals surface area contributed by atoms with Gasteiger partial charge < -0.3 is 10.6 Å². The highest BCUT2D eigenvalue weighted by Gasteiger charge is 2.20. The van der Waals surface area contributed by atoms with Crippen molar-refractivity contribution in [3.63, 3.8) is 0 Å². The fourth-order valence-corrected chi connectivity index (χ4v) is 2.63. The van der Waals surface area contributed by atoms with Crippen LogP contribution in [0.4, 0.5) is 0 Å². The number of unbranched alkanes of at least 4 members (excludes halogenated alkanes) is 4. The van der Waals surface area contributed by atoms with Gasteiger partial charge in [-0.05, 0) is 24.8 Å². The fourth-order valence-electron chi connectivity index (χ4n) is 2.63. The number of benzene rings is 1. The summed E-state index contributed by atoms with van der Waals surface area (Å²) in [6.45, 7) is 6.06. The van der Waals surface area contributed by atoms with Crippen LogP contribution < -0.4 is 5.73 Å². The quantitative estimate of drug-likeness (QED) is 0.633. The largest absolute Gasteiger partial charge is 0.341 e. The second-order valence-electron chi connectivity index (χ2n) is 6.04. The molecule has 1 rings (SSSR count). The predicted octanol–water partition coefficient (Wildman–Crippen LogP) is 3.77. The molecule has 3 heteroatoms. The first kappa shape index (κ1) is 18.7. The minimum absolute atomic E-state index is 0.107. The summed E-state index contributed by atoms with van der Waals surface area (Å²) in [5.74, 6) is 0.107. The molecular formula is C19H32N2O. The number of amides is 1. The number of hydrogen-bond acceptors (Lipinski definition) is 2. The minimum Gasteiger partial charge on any atom is -0.341 e. The smallest absolute Gasteiger partial charge is 0.239 e. The third kappa shape index (κ3) is 7.08. The zero-order chi connectivity index (χ0) is 16.2. The molecule has 1 amide bonds. The van der Waals surface area contributed by atoms with E-state index in [4.69, 9.17) is 5.73 Å². The summed E-state index contributed by atoms with van der Waals surface area (Å²) in [5, 5.41) is 0. The number of carbonyl (C=O) groups is 1. The number of nitrogens with zero attached hydrogens (tertiary/aromatic N) is 1. The summed E-state index contributed by atoms with van der Waals surface area (Å²) >= 11 is 0. The van der Waals surface area contributed by atoms with E-state index in [2.05, 4.69) is 13.8 Å². The van der Waals surface area contributed by atoms with Crippen LogP contribution in [0.1, 0.15) is 57.9 Å². The predicted molar refractivity (Wildman–Crippen MR) is 93.8 cm³/mol. The van der Waals surface area contributed by atoms with Crippen LogP contribution >= 0.6 is 0 Å². The van der Waals surface area contributed by atoms with Crippen LogP contribution in [0.3, 0.4) is 0 Å². The molecule has 22 heavy (non-hydrogen) atoms. The Hall–Kier alpha value is -1.35. The van der Waals surface area contributed by atoms with E-state index in [9.17, 15) is 4.79 Å². The topological polar surface area (TPSA) is 46.3 Å². The van der Waals surface area contributed by atoms with E-state index in [0.717, 1.165) is 31.5 Å². The standard InChI is InChI=1S/C19H32N2O/c1-3-5-10-14-21(15-11-6-4-2)19(22)18(20)16-17-12-8-7-9-13-17/h7-9,12-13,18H,3-6,10-11,14-16,20H2,1-2H3/t18-/m1/s1. The van der Waals surface area contributed by atoms with E-state index >= 15 is 0 Å². The second-order valence-corrected chi connectivity index (χ2v) is 6.04. The molecule has 0 bridgehead atoms. The third-order valence-corrected chi connectivity index (χ3v) is 3.99. The first-order chi connectivity index (χ1) is 10.7. The van der Waals surface area contributed by atoms with Gasteiger partial charge in [-0.25, -0.2) is 0 Å². The Morgan fingerprint density at radius 3 is 2.05 bits per heavy atom. The molecule has 124 valence electrons. The maximum Gasteiger partial charge on any atom is 0.239 e. The van der Waals surface area contributed by atoms with Crippen molar-refractivity contribution in [2.45, 2.75) is 64.8 Å². The molecule has 0 saturated carbocycles. The SMILES string of the molecule is CCCCCN(CCCCC)C(=O)[C@H](N)Cc1ccccc1. The average Bonchev–Trinajstić information content (AvgIpc) is 2.54.